The van der Waals surface area contributed by atoms with Gasteiger partial charge in [-0.15, -0.1) is 0 Å². The summed E-state index contributed by atoms with van der Waals surface area (Å²) in [5.41, 5.74) is 0.147. The van der Waals surface area contributed by atoms with Crippen LogP contribution in [0.25, 0.3) is 0 Å². The number of benzene rings is 1. The molecule has 0 atom stereocenters. The molecule has 98 valence electrons. The lowest BCUT2D eigenvalue weighted by atomic mass is 10.1. The number of anilines is 1. The fourth-order valence-corrected chi connectivity index (χ4v) is 1.67. The SMILES string of the molecule is N#Cc1cc(Cl)ccc1N(CCO)CC(F)(F)F. The minimum Gasteiger partial charge on any atom is -0.395 e. The molecule has 0 saturated carbocycles. The van der Waals surface area contributed by atoms with E-state index in [0.717, 1.165) is 4.90 Å². The molecule has 0 heterocycles. The quantitative estimate of drug-likeness (QED) is 0.921. The second kappa shape index (κ2) is 5.94. The van der Waals surface area contributed by atoms with Gasteiger partial charge in [-0.25, -0.2) is 0 Å². The van der Waals surface area contributed by atoms with Crippen molar-refractivity contribution in [3.8, 4) is 6.07 Å². The Morgan fingerprint density at radius 1 is 1.39 bits per heavy atom. The Kier molecular flexibility index (Phi) is 4.82. The summed E-state index contributed by atoms with van der Waals surface area (Å²) in [5.74, 6) is 0. The van der Waals surface area contributed by atoms with Crippen LogP contribution in [0.15, 0.2) is 18.2 Å². The number of nitriles is 1. The topological polar surface area (TPSA) is 47.3 Å². The van der Waals surface area contributed by atoms with Gasteiger partial charge in [0, 0.05) is 11.6 Å². The van der Waals surface area contributed by atoms with Gasteiger partial charge in [0.15, 0.2) is 0 Å². The molecule has 18 heavy (non-hydrogen) atoms. The number of hydrogen-bond donors (Lipinski definition) is 1. The van der Waals surface area contributed by atoms with Gasteiger partial charge < -0.3 is 10.0 Å². The summed E-state index contributed by atoms with van der Waals surface area (Å²) in [6.07, 6.45) is -4.42. The van der Waals surface area contributed by atoms with E-state index in [1.165, 1.54) is 18.2 Å². The van der Waals surface area contributed by atoms with Crippen LogP contribution < -0.4 is 4.90 Å². The summed E-state index contributed by atoms with van der Waals surface area (Å²) in [4.78, 5) is 0.898. The zero-order chi connectivity index (χ0) is 13.8. The van der Waals surface area contributed by atoms with Crippen LogP contribution in [-0.4, -0.2) is 31.0 Å². The minimum absolute atomic E-state index is 0.0419. The molecule has 1 aromatic rings. The molecule has 0 saturated heterocycles. The summed E-state index contributed by atoms with van der Waals surface area (Å²) in [5, 5.41) is 17.9. The van der Waals surface area contributed by atoms with Crippen molar-refractivity contribution in [3.63, 3.8) is 0 Å². The molecule has 0 aliphatic carbocycles. The van der Waals surface area contributed by atoms with E-state index in [9.17, 15) is 13.2 Å². The largest absolute Gasteiger partial charge is 0.405 e. The van der Waals surface area contributed by atoms with E-state index in [-0.39, 0.29) is 22.8 Å². The average Bonchev–Trinajstić information content (AvgIpc) is 2.26. The molecule has 1 aromatic carbocycles. The number of hydrogen-bond acceptors (Lipinski definition) is 3. The molecule has 0 spiro atoms. The van der Waals surface area contributed by atoms with Crippen LogP contribution in [0.4, 0.5) is 18.9 Å². The Morgan fingerprint density at radius 2 is 2.06 bits per heavy atom. The maximum absolute atomic E-state index is 12.4. The number of nitrogens with zero attached hydrogens (tertiary/aromatic N) is 2. The van der Waals surface area contributed by atoms with E-state index in [2.05, 4.69) is 0 Å². The van der Waals surface area contributed by atoms with Crippen molar-refractivity contribution in [1.82, 2.24) is 0 Å². The van der Waals surface area contributed by atoms with Crippen molar-refractivity contribution >= 4 is 17.3 Å². The lowest BCUT2D eigenvalue weighted by Crippen LogP contribution is -2.36. The normalized spacial score (nSPS) is 11.1. The zero-order valence-electron chi connectivity index (χ0n) is 9.21. The maximum atomic E-state index is 12.4. The Labute approximate surface area is 107 Å². The standard InChI is InChI=1S/C11H10ClF3N2O/c12-9-1-2-10(8(5-9)6-16)17(3-4-18)7-11(13,14)15/h1-2,5,18H,3-4,7H2. The van der Waals surface area contributed by atoms with Gasteiger partial charge in [-0.05, 0) is 18.2 Å². The predicted octanol–water partition coefficient (Wildman–Crippen LogP) is 2.57. The molecule has 7 heteroatoms. The molecule has 0 aliphatic rings. The Bertz CT molecular complexity index is 457. The van der Waals surface area contributed by atoms with E-state index in [0.29, 0.717) is 0 Å². The van der Waals surface area contributed by atoms with Gasteiger partial charge in [0.1, 0.15) is 12.6 Å². The highest BCUT2D eigenvalue weighted by Gasteiger charge is 2.31. The highest BCUT2D eigenvalue weighted by Crippen LogP contribution is 2.27. The first kappa shape index (κ1) is 14.6. The number of rotatable bonds is 4. The molecule has 0 unspecified atom stereocenters. The van der Waals surface area contributed by atoms with Crippen LogP contribution in [0.2, 0.25) is 5.02 Å². The number of aliphatic hydroxyl groups excluding tert-OH is 1. The van der Waals surface area contributed by atoms with Crippen LogP contribution in [0.5, 0.6) is 0 Å². The lowest BCUT2D eigenvalue weighted by Gasteiger charge is -2.26. The van der Waals surface area contributed by atoms with Gasteiger partial charge in [0.25, 0.3) is 0 Å². The Balaban J connectivity index is 3.10. The minimum atomic E-state index is -4.42. The monoisotopic (exact) mass is 278 g/mol. The van der Waals surface area contributed by atoms with Gasteiger partial charge in [-0.1, -0.05) is 11.6 Å². The Morgan fingerprint density at radius 3 is 2.56 bits per heavy atom. The molecule has 0 fully saturated rings. The Hall–Kier alpha value is -1.45. The summed E-state index contributed by atoms with van der Waals surface area (Å²) in [6.45, 7) is -1.89. The van der Waals surface area contributed by atoms with E-state index in [1.54, 1.807) is 6.07 Å². The lowest BCUT2D eigenvalue weighted by molar-refractivity contribution is -0.119. The van der Waals surface area contributed by atoms with Crippen molar-refractivity contribution < 1.29 is 18.3 Å². The molecule has 0 aliphatic heterocycles. The van der Waals surface area contributed by atoms with Crippen LogP contribution in [0.3, 0.4) is 0 Å². The first-order valence-corrected chi connectivity index (χ1v) is 5.37. The van der Waals surface area contributed by atoms with E-state index < -0.39 is 19.3 Å². The number of alkyl halides is 3. The van der Waals surface area contributed by atoms with Gasteiger partial charge in [-0.3, -0.25) is 0 Å². The average molecular weight is 279 g/mol. The smallest absolute Gasteiger partial charge is 0.395 e. The first-order valence-electron chi connectivity index (χ1n) is 4.99. The summed E-state index contributed by atoms with van der Waals surface area (Å²) in [7, 11) is 0. The van der Waals surface area contributed by atoms with Gasteiger partial charge in [-0.2, -0.15) is 18.4 Å². The van der Waals surface area contributed by atoms with E-state index in [4.69, 9.17) is 22.0 Å². The van der Waals surface area contributed by atoms with Crippen molar-refractivity contribution in [3.05, 3.63) is 28.8 Å². The van der Waals surface area contributed by atoms with Crippen molar-refractivity contribution in [1.29, 1.82) is 5.26 Å². The third-order valence-electron chi connectivity index (χ3n) is 2.16. The molecule has 0 radical (unpaired) electrons. The van der Waals surface area contributed by atoms with Crippen LogP contribution >= 0.6 is 11.6 Å². The molecular weight excluding hydrogens is 269 g/mol. The molecule has 0 aromatic heterocycles. The van der Waals surface area contributed by atoms with Gasteiger partial charge >= 0.3 is 6.18 Å². The summed E-state index contributed by atoms with van der Waals surface area (Å²) < 4.78 is 37.2. The fourth-order valence-electron chi connectivity index (χ4n) is 1.50. The van der Waals surface area contributed by atoms with Crippen molar-refractivity contribution in [2.75, 3.05) is 24.6 Å². The third kappa shape index (κ3) is 4.09. The predicted molar refractivity (Wildman–Crippen MR) is 61.5 cm³/mol. The van der Waals surface area contributed by atoms with Crippen molar-refractivity contribution in [2.45, 2.75) is 6.18 Å². The molecule has 1 N–H and O–H groups in total. The van der Waals surface area contributed by atoms with Crippen LogP contribution in [0, 0.1) is 11.3 Å². The summed E-state index contributed by atoms with van der Waals surface area (Å²) in [6, 6.07) is 5.81. The maximum Gasteiger partial charge on any atom is 0.405 e. The fraction of sp³-hybridized carbons (Fsp3) is 0.364. The van der Waals surface area contributed by atoms with E-state index in [1.807, 2.05) is 0 Å². The number of halogens is 4. The molecule has 0 amide bonds. The molecule has 1 rings (SSSR count). The highest BCUT2D eigenvalue weighted by atomic mass is 35.5. The second-order valence-corrected chi connectivity index (χ2v) is 3.97. The number of aliphatic hydroxyl groups is 1. The summed E-state index contributed by atoms with van der Waals surface area (Å²) >= 11 is 5.67. The molecular formula is C11H10ClF3N2O. The van der Waals surface area contributed by atoms with Gasteiger partial charge in [0.05, 0.1) is 17.9 Å². The molecule has 3 nitrogen and oxygen atoms in total. The zero-order valence-corrected chi connectivity index (χ0v) is 9.96. The van der Waals surface area contributed by atoms with Gasteiger partial charge in [0.2, 0.25) is 0 Å². The molecule has 0 bridgehead atoms. The van der Waals surface area contributed by atoms with Crippen molar-refractivity contribution in [2.24, 2.45) is 0 Å². The highest BCUT2D eigenvalue weighted by molar-refractivity contribution is 6.30. The van der Waals surface area contributed by atoms with Crippen LogP contribution in [0.1, 0.15) is 5.56 Å². The second-order valence-electron chi connectivity index (χ2n) is 3.53. The van der Waals surface area contributed by atoms with Crippen LogP contribution in [-0.2, 0) is 0 Å². The van der Waals surface area contributed by atoms with E-state index >= 15 is 0 Å². The first-order chi connectivity index (χ1) is 8.37. The third-order valence-corrected chi connectivity index (χ3v) is 2.39.